The Morgan fingerprint density at radius 3 is 2.23 bits per heavy atom. The third kappa shape index (κ3) is 4.87. The summed E-state index contributed by atoms with van der Waals surface area (Å²) in [6.45, 7) is 0.223. The maximum Gasteiger partial charge on any atom is 0.115 e. The van der Waals surface area contributed by atoms with E-state index in [4.69, 9.17) is 0 Å². The van der Waals surface area contributed by atoms with E-state index < -0.39 is 0 Å². The smallest absolute Gasteiger partial charge is 0.115 e. The number of phenols is 1. The van der Waals surface area contributed by atoms with Crippen molar-refractivity contribution in [3.63, 3.8) is 0 Å². The van der Waals surface area contributed by atoms with Gasteiger partial charge in [-0.25, -0.2) is 0 Å². The van der Waals surface area contributed by atoms with Gasteiger partial charge in [-0.05, 0) is 74.8 Å². The van der Waals surface area contributed by atoms with Crippen LogP contribution in [0.25, 0.3) is 0 Å². The van der Waals surface area contributed by atoms with Crippen molar-refractivity contribution in [3.05, 3.63) is 65.7 Å². The molecule has 0 aliphatic heterocycles. The molecule has 2 aromatic rings. The summed E-state index contributed by atoms with van der Waals surface area (Å²) in [5.41, 5.74) is 2.68. The highest BCUT2D eigenvalue weighted by atomic mass is 16.3. The van der Waals surface area contributed by atoms with Crippen LogP contribution in [0.3, 0.4) is 0 Å². The minimum absolute atomic E-state index is 0.223. The highest BCUT2D eigenvalue weighted by Gasteiger charge is 2.28. The van der Waals surface area contributed by atoms with E-state index in [9.17, 15) is 10.2 Å². The molecule has 0 bridgehead atoms. The number of hydrogen-bond acceptors (Lipinski definition) is 3. The second kappa shape index (κ2) is 9.20. The molecule has 1 saturated carbocycles. The highest BCUT2D eigenvalue weighted by Crippen LogP contribution is 2.35. The number of aliphatic hydroxyl groups is 1. The molecule has 0 saturated heterocycles. The first-order valence-electron chi connectivity index (χ1n) is 9.83. The molecule has 26 heavy (non-hydrogen) atoms. The summed E-state index contributed by atoms with van der Waals surface area (Å²) in [5.74, 6) is 0.934. The van der Waals surface area contributed by atoms with Gasteiger partial charge in [-0.3, -0.25) is 4.90 Å². The van der Waals surface area contributed by atoms with Crippen molar-refractivity contribution in [2.75, 3.05) is 13.7 Å². The summed E-state index contributed by atoms with van der Waals surface area (Å²) in [7, 11) is 2.18. The summed E-state index contributed by atoms with van der Waals surface area (Å²) in [5, 5.41) is 19.4. The topological polar surface area (TPSA) is 43.7 Å². The quantitative estimate of drug-likeness (QED) is 0.778. The summed E-state index contributed by atoms with van der Waals surface area (Å²) in [6.07, 6.45) is 6.70. The molecule has 2 aromatic carbocycles. The van der Waals surface area contributed by atoms with Gasteiger partial charge in [-0.1, -0.05) is 42.5 Å². The molecule has 1 atom stereocenters. The van der Waals surface area contributed by atoms with Gasteiger partial charge in [0.05, 0.1) is 6.61 Å². The van der Waals surface area contributed by atoms with Crippen LogP contribution >= 0.6 is 0 Å². The molecule has 0 aromatic heterocycles. The first kappa shape index (κ1) is 18.9. The van der Waals surface area contributed by atoms with Crippen LogP contribution in [0.5, 0.6) is 5.75 Å². The zero-order valence-electron chi connectivity index (χ0n) is 15.7. The Hall–Kier alpha value is -1.84. The van der Waals surface area contributed by atoms with Gasteiger partial charge in [0.15, 0.2) is 0 Å². The molecule has 3 rings (SSSR count). The molecule has 0 radical (unpaired) electrons. The van der Waals surface area contributed by atoms with Crippen LogP contribution in [0.2, 0.25) is 0 Å². The minimum Gasteiger partial charge on any atom is -0.508 e. The summed E-state index contributed by atoms with van der Waals surface area (Å²) in [6, 6.07) is 19.0. The van der Waals surface area contributed by atoms with Crippen LogP contribution in [-0.2, 0) is 6.42 Å². The zero-order chi connectivity index (χ0) is 18.4. The maximum atomic E-state index is 9.90. The number of rotatable bonds is 7. The van der Waals surface area contributed by atoms with Gasteiger partial charge in [0.25, 0.3) is 0 Å². The van der Waals surface area contributed by atoms with Crippen molar-refractivity contribution in [2.24, 2.45) is 0 Å². The zero-order valence-corrected chi connectivity index (χ0v) is 15.7. The van der Waals surface area contributed by atoms with Gasteiger partial charge in [0, 0.05) is 12.1 Å². The Morgan fingerprint density at radius 1 is 0.962 bits per heavy atom. The van der Waals surface area contributed by atoms with Gasteiger partial charge < -0.3 is 10.2 Å². The molecule has 3 heteroatoms. The average molecular weight is 354 g/mol. The molecule has 0 amide bonds. The first-order chi connectivity index (χ1) is 12.7. The van der Waals surface area contributed by atoms with E-state index in [0.29, 0.717) is 17.7 Å². The first-order valence-corrected chi connectivity index (χ1v) is 9.83. The van der Waals surface area contributed by atoms with Crippen LogP contribution in [0.15, 0.2) is 54.6 Å². The predicted molar refractivity (Wildman–Crippen MR) is 107 cm³/mol. The summed E-state index contributed by atoms with van der Waals surface area (Å²) in [4.78, 5) is 2.41. The maximum absolute atomic E-state index is 9.90. The van der Waals surface area contributed by atoms with Crippen molar-refractivity contribution < 1.29 is 10.2 Å². The molecule has 1 fully saturated rings. The second-order valence-electron chi connectivity index (χ2n) is 7.62. The molecular weight excluding hydrogens is 322 g/mol. The molecule has 0 heterocycles. The van der Waals surface area contributed by atoms with Crippen molar-refractivity contribution in [2.45, 2.75) is 56.5 Å². The van der Waals surface area contributed by atoms with Gasteiger partial charge in [0.1, 0.15) is 5.75 Å². The molecule has 3 nitrogen and oxygen atoms in total. The molecular formula is C23H31NO2. The van der Waals surface area contributed by atoms with Crippen LogP contribution in [0.1, 0.15) is 49.1 Å². The fourth-order valence-corrected chi connectivity index (χ4v) is 4.26. The number of nitrogens with zero attached hydrogens (tertiary/aromatic N) is 1. The Bertz CT molecular complexity index is 648. The number of benzene rings is 2. The van der Waals surface area contributed by atoms with Crippen molar-refractivity contribution in [1.82, 2.24) is 4.90 Å². The SMILES string of the molecule is CN(C(CO)CCc1ccccc1)C1CCC(c2ccc(O)cc2)CC1. The van der Waals surface area contributed by atoms with E-state index in [1.807, 2.05) is 6.07 Å². The molecule has 1 aliphatic carbocycles. The van der Waals surface area contributed by atoms with E-state index in [2.05, 4.69) is 48.3 Å². The van der Waals surface area contributed by atoms with E-state index in [-0.39, 0.29) is 12.6 Å². The van der Waals surface area contributed by atoms with E-state index in [0.717, 1.165) is 12.8 Å². The van der Waals surface area contributed by atoms with Gasteiger partial charge >= 0.3 is 0 Å². The van der Waals surface area contributed by atoms with E-state index >= 15 is 0 Å². The third-order valence-electron chi connectivity index (χ3n) is 6.03. The number of likely N-dealkylation sites (N-methyl/N-ethyl adjacent to an activating group) is 1. The van der Waals surface area contributed by atoms with E-state index in [1.165, 1.54) is 36.8 Å². The number of aliphatic hydroxyl groups excluding tert-OH is 1. The lowest BCUT2D eigenvalue weighted by Gasteiger charge is -2.39. The van der Waals surface area contributed by atoms with Crippen molar-refractivity contribution in [3.8, 4) is 5.75 Å². The number of phenolic OH excluding ortho intramolecular Hbond substituents is 1. The lowest BCUT2D eigenvalue weighted by Crippen LogP contribution is -2.44. The van der Waals surface area contributed by atoms with Gasteiger partial charge in [-0.15, -0.1) is 0 Å². The summed E-state index contributed by atoms with van der Waals surface area (Å²) < 4.78 is 0. The fourth-order valence-electron chi connectivity index (χ4n) is 4.26. The Labute approximate surface area is 157 Å². The lowest BCUT2D eigenvalue weighted by molar-refractivity contribution is 0.0813. The van der Waals surface area contributed by atoms with Gasteiger partial charge in [0.2, 0.25) is 0 Å². The average Bonchev–Trinajstić information content (AvgIpc) is 2.70. The largest absolute Gasteiger partial charge is 0.508 e. The van der Waals surface area contributed by atoms with Crippen LogP contribution in [0, 0.1) is 0 Å². The number of hydrogen-bond donors (Lipinski definition) is 2. The minimum atomic E-state index is 0.223. The monoisotopic (exact) mass is 353 g/mol. The predicted octanol–water partition coefficient (Wildman–Crippen LogP) is 4.34. The number of aryl methyl sites for hydroxylation is 1. The Kier molecular flexibility index (Phi) is 6.70. The Balaban J connectivity index is 1.51. The molecule has 2 N–H and O–H groups in total. The summed E-state index contributed by atoms with van der Waals surface area (Å²) >= 11 is 0. The normalized spacial score (nSPS) is 21.7. The molecule has 140 valence electrons. The van der Waals surface area contributed by atoms with E-state index in [1.54, 1.807) is 12.1 Å². The second-order valence-corrected chi connectivity index (χ2v) is 7.62. The standard InChI is InChI=1S/C23H31NO2/c1-24(22(17-25)12-7-18-5-3-2-4-6-18)21-13-8-19(9-14-21)20-10-15-23(26)16-11-20/h2-6,10-11,15-16,19,21-22,25-26H,7-9,12-14,17H2,1H3. The lowest BCUT2D eigenvalue weighted by atomic mass is 9.81. The Morgan fingerprint density at radius 2 is 1.62 bits per heavy atom. The molecule has 1 unspecified atom stereocenters. The molecule has 1 aliphatic rings. The van der Waals surface area contributed by atoms with Crippen molar-refractivity contribution in [1.29, 1.82) is 0 Å². The highest BCUT2D eigenvalue weighted by molar-refractivity contribution is 5.28. The molecule has 0 spiro atoms. The van der Waals surface area contributed by atoms with Crippen molar-refractivity contribution >= 4 is 0 Å². The number of aromatic hydroxyl groups is 1. The van der Waals surface area contributed by atoms with Crippen LogP contribution in [-0.4, -0.2) is 40.9 Å². The van der Waals surface area contributed by atoms with Gasteiger partial charge in [-0.2, -0.15) is 0 Å². The fraction of sp³-hybridized carbons (Fsp3) is 0.478. The third-order valence-corrected chi connectivity index (χ3v) is 6.03. The van der Waals surface area contributed by atoms with Crippen LogP contribution < -0.4 is 0 Å². The van der Waals surface area contributed by atoms with Crippen LogP contribution in [0.4, 0.5) is 0 Å².